The molecule has 2 aromatic heterocycles. The van der Waals surface area contributed by atoms with E-state index in [1.54, 1.807) is 36.5 Å². The van der Waals surface area contributed by atoms with E-state index in [0.29, 0.717) is 28.9 Å². The Morgan fingerprint density at radius 1 is 1.19 bits per heavy atom. The van der Waals surface area contributed by atoms with Crippen molar-refractivity contribution >= 4 is 26.6 Å². The highest BCUT2D eigenvalue weighted by molar-refractivity contribution is 7.91. The first-order valence-electron chi connectivity index (χ1n) is 6.33. The molecule has 1 aromatic carbocycles. The number of aryl methyl sites for hydroxylation is 1. The molecule has 0 unspecified atom stereocenters. The molecule has 0 spiro atoms. The number of fused-ring (bicyclic) bond motifs is 1. The molecule has 0 fully saturated rings. The smallest absolute Gasteiger partial charge is 0.316 e. The standard InChI is InChI=1S/C14H13N3O3S/c15-10-4-5-12-13(9-10)20-14(17-12)21(18,19)8-6-11-3-1-2-7-16-11/h1-5,7,9H,6,8,15H2. The normalized spacial score (nSPS) is 11.8. The van der Waals surface area contributed by atoms with Crippen LogP contribution in [0.3, 0.4) is 0 Å². The largest absolute Gasteiger partial charge is 0.428 e. The van der Waals surface area contributed by atoms with Crippen LogP contribution in [0.1, 0.15) is 5.69 Å². The molecule has 0 radical (unpaired) electrons. The Bertz CT molecular complexity index is 873. The summed E-state index contributed by atoms with van der Waals surface area (Å²) in [6.07, 6.45) is 1.94. The number of nitrogens with zero attached hydrogens (tertiary/aromatic N) is 2. The van der Waals surface area contributed by atoms with Gasteiger partial charge in [-0.2, -0.15) is 4.98 Å². The van der Waals surface area contributed by atoms with E-state index >= 15 is 0 Å². The van der Waals surface area contributed by atoms with Crippen LogP contribution in [-0.2, 0) is 16.3 Å². The molecule has 3 rings (SSSR count). The van der Waals surface area contributed by atoms with Crippen LogP contribution in [0, 0.1) is 0 Å². The van der Waals surface area contributed by atoms with Crippen molar-refractivity contribution in [3.05, 3.63) is 48.3 Å². The molecule has 0 aliphatic rings. The van der Waals surface area contributed by atoms with Gasteiger partial charge in [0, 0.05) is 30.1 Å². The van der Waals surface area contributed by atoms with Crippen molar-refractivity contribution in [1.82, 2.24) is 9.97 Å². The van der Waals surface area contributed by atoms with Crippen LogP contribution < -0.4 is 5.73 Å². The van der Waals surface area contributed by atoms with Gasteiger partial charge < -0.3 is 10.2 Å². The van der Waals surface area contributed by atoms with Crippen LogP contribution in [0.15, 0.2) is 52.2 Å². The summed E-state index contributed by atoms with van der Waals surface area (Å²) in [5, 5.41) is -0.279. The van der Waals surface area contributed by atoms with Gasteiger partial charge in [0.25, 0.3) is 0 Å². The Balaban J connectivity index is 1.86. The van der Waals surface area contributed by atoms with Gasteiger partial charge in [-0.1, -0.05) is 6.07 Å². The summed E-state index contributed by atoms with van der Waals surface area (Å²) in [5.74, 6) is -0.105. The maximum atomic E-state index is 12.2. The van der Waals surface area contributed by atoms with Gasteiger partial charge in [0.1, 0.15) is 5.52 Å². The molecule has 108 valence electrons. The highest BCUT2D eigenvalue weighted by Crippen LogP contribution is 2.22. The predicted octanol–water partition coefficient (Wildman–Crippen LogP) is 1.82. The molecule has 2 heterocycles. The lowest BCUT2D eigenvalue weighted by atomic mass is 10.3. The summed E-state index contributed by atoms with van der Waals surface area (Å²) in [5.41, 5.74) is 7.68. The van der Waals surface area contributed by atoms with E-state index in [9.17, 15) is 8.42 Å². The van der Waals surface area contributed by atoms with E-state index in [4.69, 9.17) is 10.2 Å². The molecule has 0 saturated carbocycles. The summed E-state index contributed by atoms with van der Waals surface area (Å²) >= 11 is 0. The maximum Gasteiger partial charge on any atom is 0.316 e. The average molecular weight is 303 g/mol. The summed E-state index contributed by atoms with van der Waals surface area (Å²) in [4.78, 5) is 8.11. The minimum atomic E-state index is -3.59. The highest BCUT2D eigenvalue weighted by atomic mass is 32.2. The van der Waals surface area contributed by atoms with Crippen LogP contribution in [0.4, 0.5) is 5.69 Å². The van der Waals surface area contributed by atoms with E-state index in [-0.39, 0.29) is 11.0 Å². The van der Waals surface area contributed by atoms with Crippen LogP contribution in [0.5, 0.6) is 0 Å². The lowest BCUT2D eigenvalue weighted by Gasteiger charge is -1.99. The lowest BCUT2D eigenvalue weighted by molar-refractivity contribution is 0.458. The second-order valence-electron chi connectivity index (χ2n) is 4.60. The third-order valence-electron chi connectivity index (χ3n) is 3.01. The van der Waals surface area contributed by atoms with E-state index < -0.39 is 9.84 Å². The number of anilines is 1. The number of nitrogens with two attached hydrogens (primary N) is 1. The molecule has 0 aliphatic heterocycles. The Hall–Kier alpha value is -2.41. The second kappa shape index (κ2) is 5.17. The number of hydrogen-bond acceptors (Lipinski definition) is 6. The molecule has 0 atom stereocenters. The summed E-state index contributed by atoms with van der Waals surface area (Å²) < 4.78 is 29.8. The third kappa shape index (κ3) is 2.87. The van der Waals surface area contributed by atoms with Crippen LogP contribution in [0.2, 0.25) is 0 Å². The van der Waals surface area contributed by atoms with Gasteiger partial charge in [0.2, 0.25) is 9.84 Å². The third-order valence-corrected chi connectivity index (χ3v) is 4.46. The average Bonchev–Trinajstić information content (AvgIpc) is 2.90. The number of aromatic nitrogens is 2. The first kappa shape index (κ1) is 13.6. The number of hydrogen-bond donors (Lipinski definition) is 1. The Kier molecular flexibility index (Phi) is 3.34. The van der Waals surface area contributed by atoms with Crippen molar-refractivity contribution in [3.63, 3.8) is 0 Å². The Morgan fingerprint density at radius 2 is 2.05 bits per heavy atom. The van der Waals surface area contributed by atoms with Gasteiger partial charge in [0.15, 0.2) is 5.58 Å². The first-order chi connectivity index (χ1) is 10.0. The van der Waals surface area contributed by atoms with Gasteiger partial charge in [-0.3, -0.25) is 4.98 Å². The van der Waals surface area contributed by atoms with Gasteiger partial charge in [-0.25, -0.2) is 8.42 Å². The molecular formula is C14H13N3O3S. The van der Waals surface area contributed by atoms with Crippen LogP contribution in [0.25, 0.3) is 11.1 Å². The molecule has 2 N–H and O–H groups in total. The van der Waals surface area contributed by atoms with Gasteiger partial charge >= 0.3 is 5.22 Å². The second-order valence-corrected chi connectivity index (χ2v) is 6.58. The zero-order valence-electron chi connectivity index (χ0n) is 11.1. The number of sulfone groups is 1. The van der Waals surface area contributed by atoms with Crippen molar-refractivity contribution < 1.29 is 12.8 Å². The molecule has 0 aliphatic carbocycles. The van der Waals surface area contributed by atoms with Crippen molar-refractivity contribution in [1.29, 1.82) is 0 Å². The Morgan fingerprint density at radius 3 is 2.81 bits per heavy atom. The molecular weight excluding hydrogens is 290 g/mol. The molecule has 3 aromatic rings. The van der Waals surface area contributed by atoms with Gasteiger partial charge in [-0.15, -0.1) is 0 Å². The highest BCUT2D eigenvalue weighted by Gasteiger charge is 2.22. The monoisotopic (exact) mass is 303 g/mol. The van der Waals surface area contributed by atoms with Crippen molar-refractivity contribution in [2.24, 2.45) is 0 Å². The number of nitrogen functional groups attached to an aromatic ring is 1. The molecule has 21 heavy (non-hydrogen) atoms. The quantitative estimate of drug-likeness (QED) is 0.738. The summed E-state index contributed by atoms with van der Waals surface area (Å²) in [7, 11) is -3.59. The number of benzene rings is 1. The molecule has 7 heteroatoms. The molecule has 6 nitrogen and oxygen atoms in total. The first-order valence-corrected chi connectivity index (χ1v) is 7.98. The fourth-order valence-corrected chi connectivity index (χ4v) is 3.03. The van der Waals surface area contributed by atoms with Crippen molar-refractivity contribution in [2.45, 2.75) is 11.6 Å². The lowest BCUT2D eigenvalue weighted by Crippen LogP contribution is -2.10. The van der Waals surface area contributed by atoms with Crippen molar-refractivity contribution in [2.75, 3.05) is 11.5 Å². The van der Waals surface area contributed by atoms with E-state index in [1.807, 2.05) is 6.07 Å². The maximum absolute atomic E-state index is 12.2. The van der Waals surface area contributed by atoms with E-state index in [1.165, 1.54) is 0 Å². The molecule has 0 bridgehead atoms. The van der Waals surface area contributed by atoms with Crippen LogP contribution in [-0.4, -0.2) is 24.1 Å². The zero-order chi connectivity index (χ0) is 14.9. The SMILES string of the molecule is Nc1ccc2nc(S(=O)(=O)CCc3ccccn3)oc2c1. The summed E-state index contributed by atoms with van der Waals surface area (Å²) in [6.45, 7) is 0. The van der Waals surface area contributed by atoms with Crippen LogP contribution >= 0.6 is 0 Å². The fourth-order valence-electron chi connectivity index (χ4n) is 1.93. The van der Waals surface area contributed by atoms with Gasteiger partial charge in [-0.05, 0) is 24.3 Å². The topological polar surface area (TPSA) is 99.1 Å². The zero-order valence-corrected chi connectivity index (χ0v) is 11.9. The van der Waals surface area contributed by atoms with E-state index in [2.05, 4.69) is 9.97 Å². The minimum absolute atomic E-state index is 0.105. The minimum Gasteiger partial charge on any atom is -0.428 e. The molecule has 0 amide bonds. The fraction of sp³-hybridized carbons (Fsp3) is 0.143. The number of pyridine rings is 1. The van der Waals surface area contributed by atoms with E-state index in [0.717, 1.165) is 0 Å². The number of rotatable bonds is 4. The van der Waals surface area contributed by atoms with Gasteiger partial charge in [0.05, 0.1) is 5.75 Å². The Labute approximate surface area is 121 Å². The number of oxazole rings is 1. The molecule has 0 saturated heterocycles. The predicted molar refractivity (Wildman–Crippen MR) is 78.4 cm³/mol. The van der Waals surface area contributed by atoms with Crippen molar-refractivity contribution in [3.8, 4) is 0 Å². The summed E-state index contributed by atoms with van der Waals surface area (Å²) in [6, 6.07) is 10.2.